The summed E-state index contributed by atoms with van der Waals surface area (Å²) in [5.41, 5.74) is 3.21. The molecule has 8 nitrogen and oxygen atoms in total. The number of pyridine rings is 1. The quantitative estimate of drug-likeness (QED) is 0.296. The van der Waals surface area contributed by atoms with Crippen molar-refractivity contribution in [2.24, 2.45) is 0 Å². The van der Waals surface area contributed by atoms with Crippen molar-refractivity contribution in [1.29, 1.82) is 0 Å². The lowest BCUT2D eigenvalue weighted by molar-refractivity contribution is -0.123. The normalized spacial score (nSPS) is 13.3. The van der Waals surface area contributed by atoms with Gasteiger partial charge >= 0.3 is 0 Å². The number of nitrogens with zero attached hydrogens (tertiary/aromatic N) is 4. The van der Waals surface area contributed by atoms with Crippen molar-refractivity contribution in [3.05, 3.63) is 78.3 Å². The minimum absolute atomic E-state index is 0.132. The molecule has 0 saturated carbocycles. The third-order valence-corrected chi connectivity index (χ3v) is 5.84. The van der Waals surface area contributed by atoms with Crippen LogP contribution in [0.4, 0.5) is 26.0 Å². The molecule has 1 fully saturated rings. The zero-order valence-electron chi connectivity index (χ0n) is 18.9. The molecule has 0 spiro atoms. The van der Waals surface area contributed by atoms with Crippen molar-refractivity contribution in [1.82, 2.24) is 20.3 Å². The Hall–Kier alpha value is -4.73. The first-order valence-electron chi connectivity index (χ1n) is 11.2. The average Bonchev–Trinajstić information content (AvgIpc) is 2.84. The standard InChI is InChI=1S/C26H20F2N6O2/c27-20-5-2-1-4-18(20)22-12-17(6-7-29-22)33-25-19-10-16(11-21(28)26(36)32-15-35)24(34-8-3-9-34)13-23(19)30-14-31-25/h1-2,4-7,10-15H,3,8-9H2,(H,32,35,36)(H,29,30,31,33). The number of aromatic nitrogens is 3. The molecule has 0 radical (unpaired) electrons. The molecule has 1 aliphatic heterocycles. The van der Waals surface area contributed by atoms with Gasteiger partial charge in [0.2, 0.25) is 6.41 Å². The number of benzene rings is 2. The molecular weight excluding hydrogens is 466 g/mol. The van der Waals surface area contributed by atoms with Gasteiger partial charge in [0.25, 0.3) is 5.91 Å². The fraction of sp³-hybridized carbons (Fsp3) is 0.115. The van der Waals surface area contributed by atoms with Crippen molar-refractivity contribution in [2.45, 2.75) is 6.42 Å². The van der Waals surface area contributed by atoms with Crippen molar-refractivity contribution < 1.29 is 18.4 Å². The van der Waals surface area contributed by atoms with Crippen LogP contribution in [0.2, 0.25) is 0 Å². The van der Waals surface area contributed by atoms with Gasteiger partial charge in [0.05, 0.1) is 11.2 Å². The molecule has 2 N–H and O–H groups in total. The van der Waals surface area contributed by atoms with Gasteiger partial charge in [-0.1, -0.05) is 12.1 Å². The molecule has 0 unspecified atom stereocenters. The van der Waals surface area contributed by atoms with E-state index in [2.05, 4.69) is 25.2 Å². The smallest absolute Gasteiger partial charge is 0.286 e. The molecule has 0 atom stereocenters. The van der Waals surface area contributed by atoms with E-state index >= 15 is 0 Å². The Kier molecular flexibility index (Phi) is 6.31. The molecule has 0 aliphatic carbocycles. The van der Waals surface area contributed by atoms with Gasteiger partial charge in [-0.25, -0.2) is 18.7 Å². The van der Waals surface area contributed by atoms with Gasteiger partial charge in [-0.15, -0.1) is 0 Å². The zero-order chi connectivity index (χ0) is 25.1. The zero-order valence-corrected chi connectivity index (χ0v) is 18.9. The van der Waals surface area contributed by atoms with E-state index in [1.807, 2.05) is 6.07 Å². The number of hydrogen-bond donors (Lipinski definition) is 2. The largest absolute Gasteiger partial charge is 0.371 e. The predicted octanol–water partition coefficient (Wildman–Crippen LogP) is 4.37. The Bertz CT molecular complexity index is 1500. The third kappa shape index (κ3) is 4.61. The Labute approximate surface area is 204 Å². The summed E-state index contributed by atoms with van der Waals surface area (Å²) in [6.45, 7) is 1.58. The first-order valence-corrected chi connectivity index (χ1v) is 11.2. The highest BCUT2D eigenvalue weighted by Crippen LogP contribution is 2.34. The van der Waals surface area contributed by atoms with Crippen LogP contribution in [-0.4, -0.2) is 40.4 Å². The number of nitrogens with one attached hydrogen (secondary N) is 2. The second-order valence-electron chi connectivity index (χ2n) is 8.11. The van der Waals surface area contributed by atoms with Gasteiger partial charge in [0, 0.05) is 47.2 Å². The first-order chi connectivity index (χ1) is 17.5. The maximum atomic E-state index is 14.5. The lowest BCUT2D eigenvalue weighted by Crippen LogP contribution is -2.37. The molecule has 1 saturated heterocycles. The molecule has 5 rings (SSSR count). The first kappa shape index (κ1) is 23.0. The van der Waals surface area contributed by atoms with E-state index in [9.17, 15) is 18.4 Å². The van der Waals surface area contributed by atoms with Gasteiger partial charge in [-0.05, 0) is 48.9 Å². The SMILES string of the molecule is O=CNC(=O)C(F)=Cc1cc2c(Nc3ccnc(-c4ccccc4F)c3)ncnc2cc1N1CCC1. The van der Waals surface area contributed by atoms with E-state index in [4.69, 9.17) is 0 Å². The maximum Gasteiger partial charge on any atom is 0.286 e. The highest BCUT2D eigenvalue weighted by molar-refractivity contribution is 6.03. The van der Waals surface area contributed by atoms with E-state index in [1.165, 1.54) is 12.4 Å². The second kappa shape index (κ2) is 9.87. The van der Waals surface area contributed by atoms with Gasteiger partial charge in [0.1, 0.15) is 18.0 Å². The van der Waals surface area contributed by atoms with Gasteiger partial charge < -0.3 is 10.2 Å². The third-order valence-electron chi connectivity index (χ3n) is 5.84. The van der Waals surface area contributed by atoms with E-state index in [0.29, 0.717) is 39.2 Å². The Morgan fingerprint density at radius 1 is 1.06 bits per heavy atom. The summed E-state index contributed by atoms with van der Waals surface area (Å²) in [6, 6.07) is 13.3. The van der Waals surface area contributed by atoms with Gasteiger partial charge in [0.15, 0.2) is 5.83 Å². The number of rotatable bonds is 7. The van der Waals surface area contributed by atoms with Gasteiger partial charge in [-0.2, -0.15) is 0 Å². The molecule has 10 heteroatoms. The van der Waals surface area contributed by atoms with Crippen molar-refractivity contribution in [2.75, 3.05) is 23.3 Å². The van der Waals surface area contributed by atoms with Crippen molar-refractivity contribution in [3.8, 4) is 11.3 Å². The number of halogens is 2. The fourth-order valence-corrected chi connectivity index (χ4v) is 3.94. The van der Waals surface area contributed by atoms with Crippen LogP contribution < -0.4 is 15.5 Å². The topological polar surface area (TPSA) is 100 Å². The van der Waals surface area contributed by atoms with Crippen LogP contribution in [0.3, 0.4) is 0 Å². The summed E-state index contributed by atoms with van der Waals surface area (Å²) in [6.07, 6.45) is 5.19. The van der Waals surface area contributed by atoms with E-state index in [1.54, 1.807) is 47.9 Å². The molecule has 4 aromatic rings. The summed E-state index contributed by atoms with van der Waals surface area (Å²) >= 11 is 0. The molecule has 2 amide bonds. The molecular formula is C26H20F2N6O2. The van der Waals surface area contributed by atoms with Crippen LogP contribution in [0.5, 0.6) is 0 Å². The summed E-state index contributed by atoms with van der Waals surface area (Å²) in [5.74, 6) is -2.17. The molecule has 0 bridgehead atoms. The number of imide groups is 1. The van der Waals surface area contributed by atoms with Crippen LogP contribution in [0.1, 0.15) is 12.0 Å². The molecule has 1 aliphatic rings. The van der Waals surface area contributed by atoms with Crippen LogP contribution in [0.15, 0.2) is 66.9 Å². The number of anilines is 3. The number of fused-ring (bicyclic) bond motifs is 1. The summed E-state index contributed by atoms with van der Waals surface area (Å²) in [4.78, 5) is 37.4. The van der Waals surface area contributed by atoms with Crippen molar-refractivity contribution >= 4 is 46.5 Å². The summed E-state index contributed by atoms with van der Waals surface area (Å²) in [7, 11) is 0. The average molecular weight is 486 g/mol. The molecule has 180 valence electrons. The lowest BCUT2D eigenvalue weighted by Gasteiger charge is -2.34. The lowest BCUT2D eigenvalue weighted by atomic mass is 10.0. The fourth-order valence-electron chi connectivity index (χ4n) is 3.94. The number of hydrogen-bond acceptors (Lipinski definition) is 7. The van der Waals surface area contributed by atoms with Gasteiger partial charge in [-0.3, -0.25) is 19.9 Å². The van der Waals surface area contributed by atoms with E-state index < -0.39 is 11.7 Å². The Morgan fingerprint density at radius 3 is 2.64 bits per heavy atom. The van der Waals surface area contributed by atoms with Crippen LogP contribution in [0, 0.1) is 5.82 Å². The number of carbonyl (C=O) groups is 2. The minimum Gasteiger partial charge on any atom is -0.371 e. The summed E-state index contributed by atoms with van der Waals surface area (Å²) < 4.78 is 28.8. The Balaban J connectivity index is 1.56. The van der Waals surface area contributed by atoms with E-state index in [-0.39, 0.29) is 12.2 Å². The molecule has 2 aromatic carbocycles. The van der Waals surface area contributed by atoms with Crippen molar-refractivity contribution in [3.63, 3.8) is 0 Å². The molecule has 36 heavy (non-hydrogen) atoms. The Morgan fingerprint density at radius 2 is 1.89 bits per heavy atom. The minimum atomic E-state index is -1.13. The van der Waals surface area contributed by atoms with Crippen LogP contribution in [0.25, 0.3) is 28.2 Å². The molecule has 3 heterocycles. The van der Waals surface area contributed by atoms with E-state index in [0.717, 1.165) is 31.3 Å². The number of amides is 2. The molecule has 2 aromatic heterocycles. The second-order valence-corrected chi connectivity index (χ2v) is 8.11. The highest BCUT2D eigenvalue weighted by atomic mass is 19.1. The monoisotopic (exact) mass is 486 g/mol. The maximum absolute atomic E-state index is 14.5. The van der Waals surface area contributed by atoms with Crippen LogP contribution in [-0.2, 0) is 9.59 Å². The number of carbonyl (C=O) groups excluding carboxylic acids is 2. The highest BCUT2D eigenvalue weighted by Gasteiger charge is 2.20. The summed E-state index contributed by atoms with van der Waals surface area (Å²) in [5, 5.41) is 5.59. The van der Waals surface area contributed by atoms with Crippen LogP contribution >= 0.6 is 0 Å². The predicted molar refractivity (Wildman–Crippen MR) is 133 cm³/mol.